The normalized spacial score (nSPS) is 9.82. The predicted octanol–water partition coefficient (Wildman–Crippen LogP) is 3.25. The lowest BCUT2D eigenvalue weighted by molar-refractivity contribution is 0.408. The Labute approximate surface area is 77.2 Å². The fraction of sp³-hybridized carbons (Fsp3) is 0.143. The second-order valence-corrected chi connectivity index (χ2v) is 3.08. The third kappa shape index (κ3) is 1.65. The molecule has 1 aromatic rings. The zero-order valence-electron chi connectivity index (χ0n) is 5.70. The number of benzene rings is 1. The summed E-state index contributed by atoms with van der Waals surface area (Å²) in [6.07, 6.45) is 0. The number of rotatable bonds is 1. The van der Waals surface area contributed by atoms with Gasteiger partial charge in [-0.2, -0.15) is 0 Å². The average molecular weight is 239 g/mol. The highest BCUT2D eigenvalue weighted by molar-refractivity contribution is 9.10. The molecule has 0 saturated heterocycles. The maximum atomic E-state index is 12.8. The Hall–Kier alpha value is -0.280. The van der Waals surface area contributed by atoms with Crippen LogP contribution in [0, 0.1) is 5.82 Å². The van der Waals surface area contributed by atoms with Gasteiger partial charge >= 0.3 is 0 Å². The summed E-state index contributed by atoms with van der Waals surface area (Å²) in [6.45, 7) is 0. The van der Waals surface area contributed by atoms with Gasteiger partial charge in [0.15, 0.2) is 5.75 Å². The molecule has 60 valence electrons. The van der Waals surface area contributed by atoms with Gasteiger partial charge in [0.25, 0.3) is 0 Å². The topological polar surface area (TPSA) is 9.23 Å². The van der Waals surface area contributed by atoms with Crippen LogP contribution in [0.5, 0.6) is 5.75 Å². The van der Waals surface area contributed by atoms with Crippen molar-refractivity contribution >= 4 is 27.5 Å². The summed E-state index contributed by atoms with van der Waals surface area (Å²) in [5, 5.41) is 0.390. The van der Waals surface area contributed by atoms with Gasteiger partial charge in [0.1, 0.15) is 5.82 Å². The minimum atomic E-state index is -0.383. The van der Waals surface area contributed by atoms with Gasteiger partial charge < -0.3 is 4.74 Å². The first kappa shape index (κ1) is 8.81. The number of hydrogen-bond acceptors (Lipinski definition) is 1. The molecule has 0 saturated carbocycles. The molecule has 0 heterocycles. The summed E-state index contributed by atoms with van der Waals surface area (Å²) < 4.78 is 17.9. The highest BCUT2D eigenvalue weighted by Crippen LogP contribution is 2.34. The zero-order chi connectivity index (χ0) is 8.43. The van der Waals surface area contributed by atoms with E-state index in [1.807, 2.05) is 0 Å². The lowest BCUT2D eigenvalue weighted by Crippen LogP contribution is -1.88. The van der Waals surface area contributed by atoms with Crippen molar-refractivity contribution in [3.63, 3.8) is 0 Å². The second-order valence-electron chi connectivity index (χ2n) is 1.88. The van der Waals surface area contributed by atoms with Crippen molar-refractivity contribution in [3.8, 4) is 5.75 Å². The monoisotopic (exact) mass is 238 g/mol. The Morgan fingerprint density at radius 2 is 2.18 bits per heavy atom. The lowest BCUT2D eigenvalue weighted by atomic mass is 10.3. The van der Waals surface area contributed by atoms with E-state index in [1.165, 1.54) is 19.2 Å². The van der Waals surface area contributed by atoms with Gasteiger partial charge in [-0.3, -0.25) is 0 Å². The Morgan fingerprint density at radius 1 is 1.55 bits per heavy atom. The molecule has 0 fully saturated rings. The number of hydrogen-bond donors (Lipinski definition) is 0. The van der Waals surface area contributed by atoms with E-state index < -0.39 is 0 Å². The van der Waals surface area contributed by atoms with Crippen LogP contribution in [0.2, 0.25) is 5.02 Å². The molecular formula is C7H5BrClFO. The molecule has 0 radical (unpaired) electrons. The van der Waals surface area contributed by atoms with Crippen molar-refractivity contribution in [2.75, 3.05) is 7.11 Å². The van der Waals surface area contributed by atoms with Crippen molar-refractivity contribution in [3.05, 3.63) is 27.4 Å². The standard InChI is InChI=1S/C7H5BrClFO/c1-11-7-4(9)2-3-5(10)6(7)8/h2-3H,1H3. The first-order valence-electron chi connectivity index (χ1n) is 2.84. The van der Waals surface area contributed by atoms with Crippen molar-refractivity contribution < 1.29 is 9.13 Å². The highest BCUT2D eigenvalue weighted by atomic mass is 79.9. The quantitative estimate of drug-likeness (QED) is 0.684. The molecule has 1 nitrogen and oxygen atoms in total. The molecule has 1 rings (SSSR count). The van der Waals surface area contributed by atoms with Crippen LogP contribution in [0.4, 0.5) is 4.39 Å². The summed E-state index contributed by atoms with van der Waals surface area (Å²) >= 11 is 8.69. The van der Waals surface area contributed by atoms with E-state index in [9.17, 15) is 4.39 Å². The van der Waals surface area contributed by atoms with Crippen LogP contribution in [0.3, 0.4) is 0 Å². The Kier molecular flexibility index (Phi) is 2.73. The zero-order valence-corrected chi connectivity index (χ0v) is 8.04. The Bertz CT molecular complexity index is 277. The molecular weight excluding hydrogens is 234 g/mol. The molecule has 1 aromatic carbocycles. The first-order chi connectivity index (χ1) is 5.16. The maximum absolute atomic E-state index is 12.8. The molecule has 0 aliphatic heterocycles. The van der Waals surface area contributed by atoms with Crippen molar-refractivity contribution in [1.29, 1.82) is 0 Å². The Morgan fingerprint density at radius 3 is 2.64 bits per heavy atom. The predicted molar refractivity (Wildman–Crippen MR) is 45.7 cm³/mol. The van der Waals surface area contributed by atoms with Crippen molar-refractivity contribution in [2.24, 2.45) is 0 Å². The van der Waals surface area contributed by atoms with Crippen molar-refractivity contribution in [1.82, 2.24) is 0 Å². The molecule has 0 N–H and O–H groups in total. The van der Waals surface area contributed by atoms with Crippen LogP contribution < -0.4 is 4.74 Å². The van der Waals surface area contributed by atoms with Crippen LogP contribution in [-0.4, -0.2) is 7.11 Å². The van der Waals surface area contributed by atoms with Gasteiger partial charge in [0, 0.05) is 0 Å². The minimum Gasteiger partial charge on any atom is -0.494 e. The Balaban J connectivity index is 3.29. The third-order valence-corrected chi connectivity index (χ3v) is 2.24. The van der Waals surface area contributed by atoms with E-state index in [-0.39, 0.29) is 10.3 Å². The molecule has 0 unspecified atom stereocenters. The molecule has 0 amide bonds. The highest BCUT2D eigenvalue weighted by Gasteiger charge is 2.09. The number of ether oxygens (including phenoxy) is 1. The smallest absolute Gasteiger partial charge is 0.154 e. The van der Waals surface area contributed by atoms with Gasteiger partial charge in [-0.25, -0.2) is 4.39 Å². The summed E-state index contributed by atoms with van der Waals surface area (Å²) in [5.74, 6) is -0.0575. The van der Waals surface area contributed by atoms with E-state index in [1.54, 1.807) is 0 Å². The maximum Gasteiger partial charge on any atom is 0.154 e. The van der Waals surface area contributed by atoms with Gasteiger partial charge in [-0.1, -0.05) is 11.6 Å². The van der Waals surface area contributed by atoms with Gasteiger partial charge in [0.05, 0.1) is 16.6 Å². The first-order valence-corrected chi connectivity index (χ1v) is 4.01. The molecule has 11 heavy (non-hydrogen) atoms. The van der Waals surface area contributed by atoms with Crippen LogP contribution in [0.15, 0.2) is 16.6 Å². The van der Waals surface area contributed by atoms with E-state index in [4.69, 9.17) is 16.3 Å². The van der Waals surface area contributed by atoms with Crippen LogP contribution in [0.1, 0.15) is 0 Å². The fourth-order valence-corrected chi connectivity index (χ4v) is 1.55. The molecule has 0 aliphatic rings. The van der Waals surface area contributed by atoms with Crippen molar-refractivity contribution in [2.45, 2.75) is 0 Å². The third-order valence-electron chi connectivity index (χ3n) is 1.21. The lowest BCUT2D eigenvalue weighted by Gasteiger charge is -2.04. The van der Waals surface area contributed by atoms with Gasteiger partial charge in [-0.05, 0) is 28.1 Å². The van der Waals surface area contributed by atoms with Gasteiger partial charge in [-0.15, -0.1) is 0 Å². The summed E-state index contributed by atoms with van der Waals surface area (Å²) in [5.41, 5.74) is 0. The molecule has 0 atom stereocenters. The number of halogens is 3. The summed E-state index contributed by atoms with van der Waals surface area (Å²) in [6, 6.07) is 2.72. The molecule has 0 aliphatic carbocycles. The van der Waals surface area contributed by atoms with Crippen LogP contribution in [0.25, 0.3) is 0 Å². The summed E-state index contributed by atoms with van der Waals surface area (Å²) in [4.78, 5) is 0. The van der Waals surface area contributed by atoms with Gasteiger partial charge in [0.2, 0.25) is 0 Å². The molecule has 0 bridgehead atoms. The van der Waals surface area contributed by atoms with E-state index in [2.05, 4.69) is 15.9 Å². The van der Waals surface area contributed by atoms with E-state index in [0.717, 1.165) is 0 Å². The molecule has 4 heteroatoms. The average Bonchev–Trinajstić information content (AvgIpc) is 1.99. The van der Waals surface area contributed by atoms with Crippen LogP contribution in [-0.2, 0) is 0 Å². The SMILES string of the molecule is COc1c(Cl)ccc(F)c1Br. The minimum absolute atomic E-state index is 0.257. The molecule has 0 aromatic heterocycles. The number of methoxy groups -OCH3 is 1. The van der Waals surface area contributed by atoms with E-state index in [0.29, 0.717) is 10.8 Å². The second kappa shape index (κ2) is 3.41. The summed E-state index contributed by atoms with van der Waals surface area (Å²) in [7, 11) is 1.44. The van der Waals surface area contributed by atoms with E-state index >= 15 is 0 Å². The molecule has 0 spiro atoms. The largest absolute Gasteiger partial charge is 0.494 e. The van der Waals surface area contributed by atoms with Crippen LogP contribution >= 0.6 is 27.5 Å². The fourth-order valence-electron chi connectivity index (χ4n) is 0.696.